The quantitative estimate of drug-likeness (QED) is 0.294. The molecule has 1 heterocycles. The maximum atomic E-state index is 13.8. The first-order chi connectivity index (χ1) is 21.3. The van der Waals surface area contributed by atoms with Crippen LogP contribution in [-0.2, 0) is 25.5 Å². The van der Waals surface area contributed by atoms with Crippen molar-refractivity contribution < 1.29 is 33.8 Å². The molecule has 2 aromatic rings. The van der Waals surface area contributed by atoms with Gasteiger partial charge in [-0.3, -0.25) is 19.7 Å². The summed E-state index contributed by atoms with van der Waals surface area (Å²) in [6.07, 6.45) is -2.09. The third kappa shape index (κ3) is 10.4. The molecule has 0 saturated carbocycles. The highest BCUT2D eigenvalue weighted by molar-refractivity contribution is 8.00. The van der Waals surface area contributed by atoms with Gasteiger partial charge < -0.3 is 30.1 Å². The molecule has 2 aromatic carbocycles. The van der Waals surface area contributed by atoms with Crippen LogP contribution < -0.4 is 20.7 Å². The van der Waals surface area contributed by atoms with Gasteiger partial charge in [-0.15, -0.1) is 11.8 Å². The van der Waals surface area contributed by atoms with Gasteiger partial charge in [0.25, 0.3) is 11.8 Å². The topological polar surface area (TPSA) is 146 Å². The first kappa shape index (κ1) is 36.7. The first-order valence-corrected chi connectivity index (χ1v) is 16.3. The monoisotopic (exact) mass is 656 g/mol. The zero-order valence-electron chi connectivity index (χ0n) is 28.2. The Kier molecular flexibility index (Phi) is 11.8. The number of anilines is 1. The molecule has 1 fully saturated rings. The fraction of sp³-hybridized carbons (Fsp3) is 0.529. The van der Waals surface area contributed by atoms with E-state index in [-0.39, 0.29) is 18.2 Å². The van der Waals surface area contributed by atoms with Crippen molar-refractivity contribution in [1.82, 2.24) is 15.5 Å². The number of aliphatic hydroxyl groups excluding tert-OH is 1. The number of nitrogens with one attached hydrogen (secondary N) is 3. The number of carbonyl (C=O) groups excluding carboxylic acids is 4. The standard InChI is InChI=1S/C34H48N4O7S/c1-21-23(36-31(43)45-33(5,6)7)16-13-17-25(21)44-19-26(39)35-24(18-22-14-11-10-12-15-22)27(40)30(42)38-20-46-34(8,9)28(38)29(41)37-32(2,3)4/h10-17,24,27-28,40H,18-20H2,1-9H3,(H,35,39)(H,36,43)(H,37,41)/t24-,27-,28+/m0/s1. The smallest absolute Gasteiger partial charge is 0.412 e. The average Bonchev–Trinajstić information content (AvgIpc) is 3.25. The van der Waals surface area contributed by atoms with Gasteiger partial charge in [0.15, 0.2) is 12.7 Å². The van der Waals surface area contributed by atoms with Gasteiger partial charge in [0.1, 0.15) is 17.4 Å². The summed E-state index contributed by atoms with van der Waals surface area (Å²) in [6.45, 7) is 16.0. The molecule has 4 N–H and O–H groups in total. The second-order valence-corrected chi connectivity index (χ2v) is 15.6. The summed E-state index contributed by atoms with van der Waals surface area (Å²) < 4.78 is 10.5. The SMILES string of the molecule is Cc1c(NC(=O)OC(C)(C)C)cccc1OCC(=O)N[C@@H](Cc1ccccc1)[C@H](O)C(=O)N1CSC(C)(C)[C@H]1C(=O)NC(C)(C)C. The van der Waals surface area contributed by atoms with E-state index in [0.29, 0.717) is 17.0 Å². The van der Waals surface area contributed by atoms with Crippen LogP contribution in [0.3, 0.4) is 0 Å². The lowest BCUT2D eigenvalue weighted by molar-refractivity contribution is -0.148. The summed E-state index contributed by atoms with van der Waals surface area (Å²) >= 11 is 1.45. The molecule has 252 valence electrons. The lowest BCUT2D eigenvalue weighted by Gasteiger charge is -2.35. The Morgan fingerprint density at radius 1 is 1.02 bits per heavy atom. The molecule has 1 saturated heterocycles. The van der Waals surface area contributed by atoms with Crippen molar-refractivity contribution in [3.05, 3.63) is 59.7 Å². The van der Waals surface area contributed by atoms with Gasteiger partial charge in [-0.25, -0.2) is 4.79 Å². The molecule has 0 aliphatic carbocycles. The maximum Gasteiger partial charge on any atom is 0.412 e. The highest BCUT2D eigenvalue weighted by atomic mass is 32.2. The van der Waals surface area contributed by atoms with Crippen LogP contribution in [0.15, 0.2) is 48.5 Å². The van der Waals surface area contributed by atoms with Crippen LogP contribution in [0.1, 0.15) is 66.5 Å². The van der Waals surface area contributed by atoms with Gasteiger partial charge in [-0.05, 0) is 86.4 Å². The Hall–Kier alpha value is -3.77. The minimum Gasteiger partial charge on any atom is -0.483 e. The van der Waals surface area contributed by atoms with Gasteiger partial charge in [-0.2, -0.15) is 0 Å². The summed E-state index contributed by atoms with van der Waals surface area (Å²) in [7, 11) is 0. The first-order valence-electron chi connectivity index (χ1n) is 15.3. The Balaban J connectivity index is 1.76. The summed E-state index contributed by atoms with van der Waals surface area (Å²) in [5.41, 5.74) is 0.671. The van der Waals surface area contributed by atoms with Gasteiger partial charge in [0, 0.05) is 15.8 Å². The lowest BCUT2D eigenvalue weighted by Crippen LogP contribution is -2.60. The molecule has 0 unspecified atom stereocenters. The largest absolute Gasteiger partial charge is 0.483 e. The molecule has 4 amide bonds. The van der Waals surface area contributed by atoms with Gasteiger partial charge in [0.05, 0.1) is 17.6 Å². The van der Waals surface area contributed by atoms with E-state index in [9.17, 15) is 24.3 Å². The average molecular weight is 657 g/mol. The van der Waals surface area contributed by atoms with Crippen molar-refractivity contribution in [1.29, 1.82) is 0 Å². The molecule has 0 spiro atoms. The molecule has 46 heavy (non-hydrogen) atoms. The van der Waals surface area contributed by atoms with Crippen molar-refractivity contribution in [2.45, 2.75) is 103 Å². The second-order valence-electron chi connectivity index (χ2n) is 14.0. The third-order valence-electron chi connectivity index (χ3n) is 7.13. The number of amides is 4. The Labute approximate surface area is 276 Å². The predicted octanol–water partition coefficient (Wildman–Crippen LogP) is 4.40. The number of thioether (sulfide) groups is 1. The van der Waals surface area contributed by atoms with Gasteiger partial charge in [0.2, 0.25) is 5.91 Å². The fourth-order valence-electron chi connectivity index (χ4n) is 5.01. The van der Waals surface area contributed by atoms with E-state index in [1.165, 1.54) is 16.7 Å². The molecular weight excluding hydrogens is 608 g/mol. The van der Waals surface area contributed by atoms with Crippen LogP contribution in [0.25, 0.3) is 0 Å². The summed E-state index contributed by atoms with van der Waals surface area (Å²) in [5, 5.41) is 19.9. The van der Waals surface area contributed by atoms with Crippen LogP contribution in [-0.4, -0.2) is 80.4 Å². The van der Waals surface area contributed by atoms with E-state index < -0.39 is 58.6 Å². The lowest BCUT2D eigenvalue weighted by atomic mass is 9.96. The zero-order valence-corrected chi connectivity index (χ0v) is 29.0. The number of hydrogen-bond donors (Lipinski definition) is 4. The zero-order chi connectivity index (χ0) is 34.4. The van der Waals surface area contributed by atoms with E-state index in [2.05, 4.69) is 16.0 Å². The molecular formula is C34H48N4O7S. The normalized spacial score (nSPS) is 17.4. The number of carbonyl (C=O) groups is 4. The van der Waals surface area contributed by atoms with E-state index >= 15 is 0 Å². The third-order valence-corrected chi connectivity index (χ3v) is 8.51. The van der Waals surface area contributed by atoms with Crippen LogP contribution >= 0.6 is 11.8 Å². The van der Waals surface area contributed by atoms with Gasteiger partial charge >= 0.3 is 6.09 Å². The number of nitrogens with zero attached hydrogens (tertiary/aromatic N) is 1. The Bertz CT molecular complexity index is 1400. The van der Waals surface area contributed by atoms with E-state index in [1.54, 1.807) is 45.9 Å². The van der Waals surface area contributed by atoms with Crippen LogP contribution in [0, 0.1) is 6.92 Å². The number of benzene rings is 2. The molecule has 0 aromatic heterocycles. The molecule has 3 atom stereocenters. The predicted molar refractivity (Wildman–Crippen MR) is 180 cm³/mol. The van der Waals surface area contributed by atoms with Crippen LogP contribution in [0.4, 0.5) is 10.5 Å². The molecule has 0 radical (unpaired) electrons. The summed E-state index contributed by atoms with van der Waals surface area (Å²) in [6, 6.07) is 12.4. The van der Waals surface area contributed by atoms with E-state index in [0.717, 1.165) is 5.56 Å². The molecule has 1 aliphatic heterocycles. The number of aliphatic hydroxyl groups is 1. The Morgan fingerprint density at radius 3 is 2.28 bits per heavy atom. The van der Waals surface area contributed by atoms with Crippen molar-refractivity contribution in [2.75, 3.05) is 17.8 Å². The van der Waals surface area contributed by atoms with Crippen LogP contribution in [0.5, 0.6) is 5.75 Å². The van der Waals surface area contributed by atoms with Crippen molar-refractivity contribution in [3.8, 4) is 5.75 Å². The fourth-order valence-corrected chi connectivity index (χ4v) is 6.15. The summed E-state index contributed by atoms with van der Waals surface area (Å²) in [4.78, 5) is 54.0. The van der Waals surface area contributed by atoms with Crippen LogP contribution in [0.2, 0.25) is 0 Å². The van der Waals surface area contributed by atoms with E-state index in [1.807, 2.05) is 65.0 Å². The molecule has 3 rings (SSSR count). The molecule has 1 aliphatic rings. The minimum atomic E-state index is -1.63. The highest BCUT2D eigenvalue weighted by Crippen LogP contribution is 2.40. The number of ether oxygens (including phenoxy) is 2. The molecule has 0 bridgehead atoms. The van der Waals surface area contributed by atoms with E-state index in [4.69, 9.17) is 9.47 Å². The molecule has 12 heteroatoms. The van der Waals surface area contributed by atoms with Crippen molar-refractivity contribution >= 4 is 41.3 Å². The van der Waals surface area contributed by atoms with Gasteiger partial charge in [-0.1, -0.05) is 36.4 Å². The second kappa shape index (κ2) is 14.8. The number of rotatable bonds is 10. The molecule has 11 nitrogen and oxygen atoms in total. The number of hydrogen-bond acceptors (Lipinski definition) is 8. The van der Waals surface area contributed by atoms with Crippen molar-refractivity contribution in [2.24, 2.45) is 0 Å². The highest BCUT2D eigenvalue weighted by Gasteiger charge is 2.50. The minimum absolute atomic E-state index is 0.164. The Morgan fingerprint density at radius 2 is 1.67 bits per heavy atom. The summed E-state index contributed by atoms with van der Waals surface area (Å²) in [5.74, 6) is -0.933. The maximum absolute atomic E-state index is 13.8. The van der Waals surface area contributed by atoms with Crippen molar-refractivity contribution in [3.63, 3.8) is 0 Å².